The smallest absolute Gasteiger partial charge is 0.360 e. The summed E-state index contributed by atoms with van der Waals surface area (Å²) in [4.78, 5) is 28.6. The van der Waals surface area contributed by atoms with Crippen LogP contribution < -0.4 is 4.74 Å². The number of ether oxygens (including phenoxy) is 3. The molecule has 0 aliphatic carbocycles. The topological polar surface area (TPSA) is 74.7 Å². The van der Waals surface area contributed by atoms with Crippen molar-refractivity contribution in [3.05, 3.63) is 107 Å². The molecule has 0 spiro atoms. The molecule has 0 saturated carbocycles. The minimum atomic E-state index is -0.623. The van der Waals surface area contributed by atoms with Crippen LogP contribution in [0.4, 0.5) is 0 Å². The van der Waals surface area contributed by atoms with Crippen LogP contribution in [0.3, 0.4) is 0 Å². The molecule has 0 bridgehead atoms. The molecule has 4 aromatic rings. The molecule has 4 rings (SSSR count). The maximum atomic E-state index is 12.7. The number of esters is 2. The molecular weight excluding hydrogens is 430 g/mol. The summed E-state index contributed by atoms with van der Waals surface area (Å²) in [6, 6.07) is 25.7. The Balaban J connectivity index is 1.83. The van der Waals surface area contributed by atoms with Crippen LogP contribution in [-0.2, 0) is 33.9 Å². The zero-order valence-corrected chi connectivity index (χ0v) is 19.1. The highest BCUT2D eigenvalue weighted by Gasteiger charge is 2.22. The molecule has 3 aromatic carbocycles. The summed E-state index contributed by atoms with van der Waals surface area (Å²) < 4.78 is 16.4. The lowest BCUT2D eigenvalue weighted by Crippen LogP contribution is -2.12. The van der Waals surface area contributed by atoms with E-state index >= 15 is 0 Å². The molecule has 0 radical (unpaired) electrons. The van der Waals surface area contributed by atoms with Crippen molar-refractivity contribution in [2.75, 3.05) is 7.11 Å². The molecule has 0 saturated heterocycles. The molecule has 0 atom stereocenters. The van der Waals surface area contributed by atoms with Crippen molar-refractivity contribution in [2.45, 2.75) is 26.6 Å². The van der Waals surface area contributed by atoms with Gasteiger partial charge in [-0.05, 0) is 29.2 Å². The first-order chi connectivity index (χ1) is 16.5. The van der Waals surface area contributed by atoms with Gasteiger partial charge in [-0.15, -0.1) is 0 Å². The fourth-order valence-electron chi connectivity index (χ4n) is 3.74. The molecule has 0 fully saturated rings. The standard InChI is InChI=1S/C28H25NO5/c1-19(30)33-18-25-23-14-13-22(15-20-9-5-3-6-10-20)16-24(23)27(26(29-25)28(31)32-2)34-17-21-11-7-4-8-12-21/h3-14,16H,15,17-18H2,1-2H3. The van der Waals surface area contributed by atoms with E-state index in [1.807, 2.05) is 66.7 Å². The summed E-state index contributed by atoms with van der Waals surface area (Å²) in [6.45, 7) is 1.53. The van der Waals surface area contributed by atoms with Crippen LogP contribution in [0.1, 0.15) is 39.8 Å². The van der Waals surface area contributed by atoms with E-state index in [9.17, 15) is 9.59 Å². The second kappa shape index (κ2) is 10.6. The van der Waals surface area contributed by atoms with Gasteiger partial charge in [0.25, 0.3) is 0 Å². The van der Waals surface area contributed by atoms with Gasteiger partial charge < -0.3 is 14.2 Å². The Bertz CT molecular complexity index is 1300. The number of methoxy groups -OCH3 is 1. The van der Waals surface area contributed by atoms with Crippen LogP contribution in [0.25, 0.3) is 10.8 Å². The van der Waals surface area contributed by atoms with E-state index in [0.29, 0.717) is 23.3 Å². The molecule has 0 amide bonds. The number of carbonyl (C=O) groups excluding carboxylic acids is 2. The number of hydrogen-bond acceptors (Lipinski definition) is 6. The van der Waals surface area contributed by atoms with Crippen LogP contribution in [0.2, 0.25) is 0 Å². The first-order valence-electron chi connectivity index (χ1n) is 10.9. The normalized spacial score (nSPS) is 10.6. The highest BCUT2D eigenvalue weighted by atomic mass is 16.5. The Labute approximate surface area is 198 Å². The monoisotopic (exact) mass is 455 g/mol. The third-order valence-electron chi connectivity index (χ3n) is 5.37. The summed E-state index contributed by atoms with van der Waals surface area (Å²) in [5, 5.41) is 1.45. The molecule has 1 aromatic heterocycles. The molecule has 1 heterocycles. The fraction of sp³-hybridized carbons (Fsp3) is 0.179. The third-order valence-corrected chi connectivity index (χ3v) is 5.37. The van der Waals surface area contributed by atoms with Crippen LogP contribution in [-0.4, -0.2) is 24.0 Å². The van der Waals surface area contributed by atoms with Gasteiger partial charge in [-0.25, -0.2) is 9.78 Å². The van der Waals surface area contributed by atoms with Gasteiger partial charge in [-0.1, -0.05) is 72.8 Å². The molecule has 0 aliphatic heterocycles. The Morgan fingerprint density at radius 1 is 0.794 bits per heavy atom. The predicted octanol–water partition coefficient (Wildman–Crippen LogP) is 5.25. The lowest BCUT2D eigenvalue weighted by molar-refractivity contribution is -0.142. The van der Waals surface area contributed by atoms with Crippen molar-refractivity contribution in [3.63, 3.8) is 0 Å². The number of nitrogens with zero attached hydrogens (tertiary/aromatic N) is 1. The largest absolute Gasteiger partial charge is 0.486 e. The summed E-state index contributed by atoms with van der Waals surface area (Å²) in [6.07, 6.45) is 0.712. The second-order valence-corrected chi connectivity index (χ2v) is 7.82. The van der Waals surface area contributed by atoms with E-state index in [2.05, 4.69) is 17.1 Å². The van der Waals surface area contributed by atoms with E-state index in [0.717, 1.165) is 22.1 Å². The number of pyridine rings is 1. The van der Waals surface area contributed by atoms with E-state index < -0.39 is 11.9 Å². The molecule has 0 aliphatic rings. The minimum absolute atomic E-state index is 0.0462. The van der Waals surface area contributed by atoms with Crippen LogP contribution >= 0.6 is 0 Å². The highest BCUT2D eigenvalue weighted by Crippen LogP contribution is 2.34. The number of fused-ring (bicyclic) bond motifs is 1. The molecule has 6 nitrogen and oxygen atoms in total. The zero-order chi connectivity index (χ0) is 23.9. The third kappa shape index (κ3) is 5.41. The number of benzene rings is 3. The lowest BCUT2D eigenvalue weighted by atomic mass is 9.99. The summed E-state index contributed by atoms with van der Waals surface area (Å²) in [5.41, 5.74) is 3.67. The second-order valence-electron chi connectivity index (χ2n) is 7.82. The van der Waals surface area contributed by atoms with Crippen molar-refractivity contribution >= 4 is 22.7 Å². The van der Waals surface area contributed by atoms with Crippen molar-refractivity contribution in [1.29, 1.82) is 0 Å². The van der Waals surface area contributed by atoms with E-state index in [4.69, 9.17) is 14.2 Å². The zero-order valence-electron chi connectivity index (χ0n) is 19.1. The Morgan fingerprint density at radius 3 is 2.12 bits per heavy atom. The number of carbonyl (C=O) groups is 2. The first-order valence-corrected chi connectivity index (χ1v) is 10.9. The summed E-state index contributed by atoms with van der Waals surface area (Å²) >= 11 is 0. The highest BCUT2D eigenvalue weighted by molar-refractivity contribution is 6.00. The first kappa shape index (κ1) is 23.0. The lowest BCUT2D eigenvalue weighted by Gasteiger charge is -2.17. The number of hydrogen-bond donors (Lipinski definition) is 0. The van der Waals surface area contributed by atoms with Gasteiger partial charge in [0.2, 0.25) is 0 Å². The van der Waals surface area contributed by atoms with Gasteiger partial charge in [0.15, 0.2) is 11.4 Å². The van der Waals surface area contributed by atoms with Crippen LogP contribution in [0.15, 0.2) is 78.9 Å². The van der Waals surface area contributed by atoms with Gasteiger partial charge in [0, 0.05) is 17.7 Å². The number of rotatable bonds is 8. The van der Waals surface area contributed by atoms with Crippen molar-refractivity contribution < 1.29 is 23.8 Å². The summed E-state index contributed by atoms with van der Waals surface area (Å²) in [7, 11) is 1.30. The quantitative estimate of drug-likeness (QED) is 0.338. The Morgan fingerprint density at radius 2 is 1.47 bits per heavy atom. The van der Waals surface area contributed by atoms with Gasteiger partial charge in [0.1, 0.15) is 13.2 Å². The molecule has 0 unspecified atom stereocenters. The molecule has 172 valence electrons. The Kier molecular flexibility index (Phi) is 7.18. The maximum Gasteiger partial charge on any atom is 0.360 e. The van der Waals surface area contributed by atoms with Crippen LogP contribution in [0, 0.1) is 0 Å². The van der Waals surface area contributed by atoms with E-state index in [1.54, 1.807) is 0 Å². The average Bonchev–Trinajstić information content (AvgIpc) is 2.86. The van der Waals surface area contributed by atoms with E-state index in [-0.39, 0.29) is 18.9 Å². The van der Waals surface area contributed by atoms with Gasteiger partial charge in [0.05, 0.1) is 12.8 Å². The van der Waals surface area contributed by atoms with Gasteiger partial charge in [-0.2, -0.15) is 0 Å². The van der Waals surface area contributed by atoms with Crippen molar-refractivity contribution in [3.8, 4) is 5.75 Å². The Hall–Kier alpha value is -4.19. The predicted molar refractivity (Wildman–Crippen MR) is 129 cm³/mol. The van der Waals surface area contributed by atoms with Crippen molar-refractivity contribution in [1.82, 2.24) is 4.98 Å². The van der Waals surface area contributed by atoms with Gasteiger partial charge in [-0.3, -0.25) is 4.79 Å². The van der Waals surface area contributed by atoms with Crippen molar-refractivity contribution in [2.24, 2.45) is 0 Å². The van der Waals surface area contributed by atoms with Gasteiger partial charge >= 0.3 is 11.9 Å². The molecule has 6 heteroatoms. The summed E-state index contributed by atoms with van der Waals surface area (Å²) in [5.74, 6) is -0.714. The molecule has 0 N–H and O–H groups in total. The molecular formula is C28H25NO5. The minimum Gasteiger partial charge on any atom is -0.486 e. The average molecular weight is 456 g/mol. The molecule has 34 heavy (non-hydrogen) atoms. The SMILES string of the molecule is COC(=O)c1nc(COC(C)=O)c2ccc(Cc3ccccc3)cc2c1OCc1ccccc1. The fourth-order valence-corrected chi connectivity index (χ4v) is 3.74. The van der Waals surface area contributed by atoms with Crippen LogP contribution in [0.5, 0.6) is 5.75 Å². The maximum absolute atomic E-state index is 12.7. The van der Waals surface area contributed by atoms with E-state index in [1.165, 1.54) is 14.0 Å². The number of aromatic nitrogens is 1.